The van der Waals surface area contributed by atoms with Crippen molar-refractivity contribution in [2.45, 2.75) is 82.3 Å². The molecule has 3 heterocycles. The number of quaternary nitrogens is 1. The van der Waals surface area contributed by atoms with E-state index in [4.69, 9.17) is 21.1 Å². The molecule has 3 atom stereocenters. The van der Waals surface area contributed by atoms with E-state index in [0.717, 1.165) is 85.9 Å². The third kappa shape index (κ3) is 9.39. The van der Waals surface area contributed by atoms with Crippen molar-refractivity contribution in [2.24, 2.45) is 11.8 Å². The Kier molecular flexibility index (Phi) is 14.2. The molecule has 4 fully saturated rings. The highest BCUT2D eigenvalue weighted by Gasteiger charge is 2.48. The number of phenols is 1. The third-order valence-electron chi connectivity index (χ3n) is 11.9. The van der Waals surface area contributed by atoms with Crippen LogP contribution in [0.25, 0.3) is 0 Å². The van der Waals surface area contributed by atoms with Gasteiger partial charge in [-0.15, -0.1) is 0 Å². The van der Waals surface area contributed by atoms with Crippen LogP contribution in [0.1, 0.15) is 78.9 Å². The molecular weight excluding hydrogens is 748 g/mol. The Hall–Kier alpha value is -2.54. The molecule has 3 aromatic rings. The first-order chi connectivity index (χ1) is 24.6. The molecule has 9 nitrogen and oxygen atoms in total. The fourth-order valence-electron chi connectivity index (χ4n) is 8.69. The van der Waals surface area contributed by atoms with Crippen molar-refractivity contribution in [3.8, 4) is 11.5 Å². The Labute approximate surface area is 323 Å². The minimum Gasteiger partial charge on any atom is -1.00 e. The number of hydrogen-bond acceptors (Lipinski definition) is 8. The number of aromatic hydroxyl groups is 1. The molecule has 3 saturated heterocycles. The molecule has 3 aliphatic heterocycles. The van der Waals surface area contributed by atoms with Crippen molar-refractivity contribution in [3.05, 3.63) is 93.5 Å². The lowest BCUT2D eigenvalue weighted by Gasteiger charge is -2.53. The number of fused-ring (bicyclic) bond motifs is 3. The molecule has 3 aromatic carbocycles. The van der Waals surface area contributed by atoms with Crippen LogP contribution in [0.2, 0.25) is 5.02 Å². The number of nitrogens with one attached hydrogen (secondary N) is 1. The topological polar surface area (TPSA) is 128 Å². The Balaban J connectivity index is 0.00000523. The summed E-state index contributed by atoms with van der Waals surface area (Å²) >= 11 is 6.71. The first-order valence-electron chi connectivity index (χ1n) is 18.6. The lowest BCUT2D eigenvalue weighted by molar-refractivity contribution is -0.946. The molecule has 2 bridgehead atoms. The van der Waals surface area contributed by atoms with Gasteiger partial charge >= 0.3 is 0 Å². The van der Waals surface area contributed by atoms with E-state index in [2.05, 4.69) is 5.32 Å². The lowest BCUT2D eigenvalue weighted by atomic mass is 9.80. The van der Waals surface area contributed by atoms with Crippen molar-refractivity contribution >= 4 is 17.4 Å². The van der Waals surface area contributed by atoms with Gasteiger partial charge < -0.3 is 56.7 Å². The van der Waals surface area contributed by atoms with Crippen LogP contribution in [0.5, 0.6) is 11.5 Å². The quantitative estimate of drug-likeness (QED) is 0.132. The van der Waals surface area contributed by atoms with Crippen LogP contribution in [0.15, 0.2) is 60.7 Å². The Morgan fingerprint density at radius 1 is 1.02 bits per heavy atom. The van der Waals surface area contributed by atoms with E-state index in [-0.39, 0.29) is 60.1 Å². The molecular formula is C41H54BrClN2O7. The Morgan fingerprint density at radius 2 is 1.75 bits per heavy atom. The van der Waals surface area contributed by atoms with Crippen LogP contribution >= 0.6 is 11.6 Å². The molecule has 7 rings (SSSR count). The van der Waals surface area contributed by atoms with Crippen LogP contribution in [0.3, 0.4) is 0 Å². The number of aliphatic hydroxyl groups excluding tert-OH is 2. The highest BCUT2D eigenvalue weighted by Crippen LogP contribution is 2.43. The molecule has 284 valence electrons. The van der Waals surface area contributed by atoms with Gasteiger partial charge in [0.25, 0.3) is 0 Å². The molecule has 0 spiro atoms. The van der Waals surface area contributed by atoms with Gasteiger partial charge in [0.1, 0.15) is 35.5 Å². The molecule has 1 aliphatic carbocycles. The summed E-state index contributed by atoms with van der Waals surface area (Å²) in [6, 6.07) is 18.4. The SMILES string of the molecule is COc1cc(CC(=O)CC[N+]23CCC(CC2)[C@@H](OC[C@@](O)(c2ccccc2)C2CCCC2)C3)c(Cl)cc1CNC[C@H](O)c1ccc(O)c(CO)c1.[Br-]. The van der Waals surface area contributed by atoms with Gasteiger partial charge in [-0.3, -0.25) is 4.79 Å². The van der Waals surface area contributed by atoms with Crippen LogP contribution in [0, 0.1) is 11.8 Å². The average Bonchev–Trinajstić information content (AvgIpc) is 3.71. The summed E-state index contributed by atoms with van der Waals surface area (Å²) in [5.74, 6) is 1.45. The number of aliphatic hydroxyl groups is 3. The maximum Gasteiger partial charge on any atom is 0.142 e. The van der Waals surface area contributed by atoms with Gasteiger partial charge in [0.05, 0.1) is 52.5 Å². The third-order valence-corrected chi connectivity index (χ3v) is 12.2. The number of Topliss-reactive ketones (excluding diaryl/α,β-unsaturated/α-hetero) is 1. The number of ketones is 1. The summed E-state index contributed by atoms with van der Waals surface area (Å²) in [5, 5.41) is 45.6. The van der Waals surface area contributed by atoms with E-state index >= 15 is 0 Å². The minimum absolute atomic E-state index is 0. The normalized spacial score (nSPS) is 23.2. The number of ether oxygens (including phenoxy) is 2. The van der Waals surface area contributed by atoms with Crippen LogP contribution < -0.4 is 27.0 Å². The average molecular weight is 802 g/mol. The van der Waals surface area contributed by atoms with Gasteiger partial charge in [-0.25, -0.2) is 0 Å². The first kappa shape index (κ1) is 40.6. The molecule has 11 heteroatoms. The second-order valence-corrected chi connectivity index (χ2v) is 15.5. The number of carbonyl (C=O) groups excluding carboxylic acids is 1. The van der Waals surface area contributed by atoms with Gasteiger partial charge in [-0.2, -0.15) is 0 Å². The summed E-state index contributed by atoms with van der Waals surface area (Å²) < 4.78 is 13.2. The molecule has 0 aromatic heterocycles. The second-order valence-electron chi connectivity index (χ2n) is 15.1. The highest BCUT2D eigenvalue weighted by atomic mass is 79.9. The van der Waals surface area contributed by atoms with E-state index in [1.54, 1.807) is 19.2 Å². The number of hydrogen-bond donors (Lipinski definition) is 5. The number of benzene rings is 3. The predicted octanol–water partition coefficient (Wildman–Crippen LogP) is 2.58. The lowest BCUT2D eigenvalue weighted by Crippen LogP contribution is -3.00. The zero-order valence-corrected chi connectivity index (χ0v) is 32.5. The Bertz CT molecular complexity index is 1630. The van der Waals surface area contributed by atoms with Crippen LogP contribution in [-0.2, 0) is 34.7 Å². The monoisotopic (exact) mass is 800 g/mol. The molecule has 52 heavy (non-hydrogen) atoms. The van der Waals surface area contributed by atoms with E-state index in [9.17, 15) is 25.2 Å². The maximum absolute atomic E-state index is 13.4. The fourth-order valence-corrected chi connectivity index (χ4v) is 8.94. The highest BCUT2D eigenvalue weighted by molar-refractivity contribution is 6.31. The van der Waals surface area contributed by atoms with Crippen molar-refractivity contribution in [2.75, 3.05) is 46.4 Å². The summed E-state index contributed by atoms with van der Waals surface area (Å²) in [4.78, 5) is 13.4. The number of carbonyl (C=O) groups is 1. The summed E-state index contributed by atoms with van der Waals surface area (Å²) in [7, 11) is 1.59. The maximum atomic E-state index is 13.4. The van der Waals surface area contributed by atoms with Gasteiger partial charge in [0.15, 0.2) is 0 Å². The summed E-state index contributed by atoms with van der Waals surface area (Å²) in [6.07, 6.45) is 6.46. The second kappa shape index (κ2) is 18.2. The summed E-state index contributed by atoms with van der Waals surface area (Å²) in [6.45, 7) is 4.39. The first-order valence-corrected chi connectivity index (χ1v) is 18.9. The van der Waals surface area contributed by atoms with Gasteiger partial charge in [-0.05, 0) is 59.7 Å². The summed E-state index contributed by atoms with van der Waals surface area (Å²) in [5.41, 5.74) is 2.45. The smallest absolute Gasteiger partial charge is 0.142 e. The van der Waals surface area contributed by atoms with E-state index in [0.29, 0.717) is 47.4 Å². The minimum atomic E-state index is -0.975. The van der Waals surface area contributed by atoms with Crippen molar-refractivity contribution in [1.82, 2.24) is 5.32 Å². The zero-order valence-electron chi connectivity index (χ0n) is 30.1. The number of rotatable bonds is 17. The zero-order chi connectivity index (χ0) is 36.0. The van der Waals surface area contributed by atoms with Crippen LogP contribution in [0.4, 0.5) is 0 Å². The van der Waals surface area contributed by atoms with Crippen LogP contribution in [-0.4, -0.2) is 83.2 Å². The van der Waals surface area contributed by atoms with E-state index in [1.807, 2.05) is 42.5 Å². The van der Waals surface area contributed by atoms with Crippen molar-refractivity contribution in [3.63, 3.8) is 0 Å². The number of piperidine rings is 3. The van der Waals surface area contributed by atoms with E-state index < -0.39 is 11.7 Å². The standard InChI is InChI=1S/C41H53ClN2O7.BrH/c1-50-39-22-30(36(42)21-31(39)23-43-24-38(48)29-11-12-37(47)32(19-29)26-45)20-35(46)15-18-44-16-13-28(14-17-44)40(25-44)51-27-41(49,34-9-5-6-10-34)33-7-3-2-4-8-33;/h2-4,7-8,11-12,19,21-22,28,34,38,40,43,45,48-49H,5-6,9-10,13-18,20,23-27H2,1H3;1H/t28?,38-,40-,41+,44?;/m0./s1. The van der Waals surface area contributed by atoms with Gasteiger partial charge in [0, 0.05) is 54.4 Å². The molecule has 0 amide bonds. The largest absolute Gasteiger partial charge is 1.00 e. The fraction of sp³-hybridized carbons (Fsp3) is 0.537. The molecule has 4 aliphatic rings. The van der Waals surface area contributed by atoms with Crippen molar-refractivity contribution in [1.29, 1.82) is 0 Å². The molecule has 0 unspecified atom stereocenters. The molecule has 5 N–H and O–H groups in total. The number of methoxy groups -OCH3 is 1. The predicted molar refractivity (Wildman–Crippen MR) is 197 cm³/mol. The molecule has 0 radical (unpaired) electrons. The van der Waals surface area contributed by atoms with Crippen molar-refractivity contribution < 1.29 is 56.2 Å². The molecule has 1 saturated carbocycles. The Morgan fingerprint density at radius 3 is 2.44 bits per heavy atom. The van der Waals surface area contributed by atoms with E-state index in [1.165, 1.54) is 6.07 Å². The van der Waals surface area contributed by atoms with Gasteiger partial charge in [0.2, 0.25) is 0 Å². The number of halogens is 2. The number of nitrogens with zero attached hydrogens (tertiary/aromatic N) is 1. The van der Waals surface area contributed by atoms with Gasteiger partial charge in [-0.1, -0.05) is 60.8 Å².